The summed E-state index contributed by atoms with van der Waals surface area (Å²) in [4.78, 5) is 16.0. The van der Waals surface area contributed by atoms with E-state index in [0.717, 1.165) is 0 Å². The van der Waals surface area contributed by atoms with Gasteiger partial charge in [-0.25, -0.2) is 4.98 Å². The van der Waals surface area contributed by atoms with Crippen LogP contribution < -0.4 is 4.90 Å². The second-order valence-electron chi connectivity index (χ2n) is 3.21. The van der Waals surface area contributed by atoms with Crippen molar-refractivity contribution in [3.8, 4) is 6.07 Å². The normalized spacial score (nSPS) is 9.56. The molecule has 1 rings (SSSR count). The highest BCUT2D eigenvalue weighted by Gasteiger charge is 2.09. The first kappa shape index (κ1) is 12.3. The van der Waals surface area contributed by atoms with Gasteiger partial charge in [-0.1, -0.05) is 11.6 Å². The van der Waals surface area contributed by atoms with Crippen molar-refractivity contribution in [1.82, 2.24) is 4.98 Å². The Morgan fingerprint density at radius 2 is 2.44 bits per heavy atom. The highest BCUT2D eigenvalue weighted by Crippen LogP contribution is 2.22. The zero-order valence-corrected chi connectivity index (χ0v) is 9.40. The number of carboxylic acid groups (broad SMARTS) is 1. The number of carboxylic acids is 1. The van der Waals surface area contributed by atoms with Gasteiger partial charge >= 0.3 is 5.97 Å². The van der Waals surface area contributed by atoms with E-state index in [-0.39, 0.29) is 6.42 Å². The minimum Gasteiger partial charge on any atom is -0.481 e. The highest BCUT2D eigenvalue weighted by molar-refractivity contribution is 6.33. The van der Waals surface area contributed by atoms with Crippen LogP contribution in [0.1, 0.15) is 12.0 Å². The fraction of sp³-hybridized carbons (Fsp3) is 0.300. The first-order valence-corrected chi connectivity index (χ1v) is 4.91. The molecule has 0 aliphatic rings. The van der Waals surface area contributed by atoms with Crippen molar-refractivity contribution in [2.24, 2.45) is 0 Å². The molecule has 0 fully saturated rings. The van der Waals surface area contributed by atoms with E-state index >= 15 is 0 Å². The molecule has 1 aromatic heterocycles. The lowest BCUT2D eigenvalue weighted by Gasteiger charge is -2.18. The number of pyridine rings is 1. The molecule has 1 heterocycles. The SMILES string of the molecule is CN(CCC(=O)O)c1ncc(C#N)cc1Cl. The maximum absolute atomic E-state index is 10.4. The Bertz CT molecular complexity index is 442. The molecule has 0 radical (unpaired) electrons. The van der Waals surface area contributed by atoms with Crippen LogP contribution in [0.25, 0.3) is 0 Å². The highest BCUT2D eigenvalue weighted by atomic mass is 35.5. The van der Waals surface area contributed by atoms with Crippen LogP contribution in [0.3, 0.4) is 0 Å². The Morgan fingerprint density at radius 1 is 1.75 bits per heavy atom. The molecule has 0 aliphatic heterocycles. The molecule has 84 valence electrons. The van der Waals surface area contributed by atoms with Crippen LogP contribution in [0, 0.1) is 11.3 Å². The van der Waals surface area contributed by atoms with E-state index in [2.05, 4.69) is 4.98 Å². The van der Waals surface area contributed by atoms with E-state index < -0.39 is 5.97 Å². The third-order valence-electron chi connectivity index (χ3n) is 1.97. The van der Waals surface area contributed by atoms with Crippen LogP contribution in [-0.2, 0) is 4.79 Å². The molecule has 1 N–H and O–H groups in total. The second-order valence-corrected chi connectivity index (χ2v) is 3.61. The van der Waals surface area contributed by atoms with Gasteiger partial charge < -0.3 is 10.0 Å². The van der Waals surface area contributed by atoms with E-state index in [9.17, 15) is 4.79 Å². The molecule has 0 aliphatic carbocycles. The Morgan fingerprint density at radius 3 is 2.94 bits per heavy atom. The van der Waals surface area contributed by atoms with Gasteiger partial charge in [0.15, 0.2) is 0 Å². The summed E-state index contributed by atoms with van der Waals surface area (Å²) in [6.07, 6.45) is 1.41. The van der Waals surface area contributed by atoms with Gasteiger partial charge in [0, 0.05) is 19.8 Å². The second kappa shape index (κ2) is 5.33. The summed E-state index contributed by atoms with van der Waals surface area (Å²) < 4.78 is 0. The van der Waals surface area contributed by atoms with Gasteiger partial charge in [0.05, 0.1) is 17.0 Å². The number of hydrogen-bond donors (Lipinski definition) is 1. The Hall–Kier alpha value is -1.80. The number of nitrogens with zero attached hydrogens (tertiary/aromatic N) is 3. The first-order chi connectivity index (χ1) is 7.54. The Labute approximate surface area is 97.9 Å². The van der Waals surface area contributed by atoms with Crippen molar-refractivity contribution in [1.29, 1.82) is 5.26 Å². The van der Waals surface area contributed by atoms with Crippen LogP contribution >= 0.6 is 11.6 Å². The number of halogens is 1. The summed E-state index contributed by atoms with van der Waals surface area (Å²) in [5.41, 5.74) is 0.375. The standard InChI is InChI=1S/C10H10ClN3O2/c1-14(3-2-9(15)16)10-8(11)4-7(5-12)6-13-10/h4,6H,2-3H2,1H3,(H,15,16). The van der Waals surface area contributed by atoms with Crippen LogP contribution in [0.4, 0.5) is 5.82 Å². The predicted octanol–water partition coefficient (Wildman–Crippen LogP) is 1.52. The third kappa shape index (κ3) is 3.11. The number of anilines is 1. The third-order valence-corrected chi connectivity index (χ3v) is 2.25. The predicted molar refractivity (Wildman–Crippen MR) is 59.5 cm³/mol. The smallest absolute Gasteiger partial charge is 0.305 e. The molecule has 1 aromatic rings. The largest absolute Gasteiger partial charge is 0.481 e. The van der Waals surface area contributed by atoms with Gasteiger partial charge in [-0.15, -0.1) is 0 Å². The molecule has 0 saturated heterocycles. The average molecular weight is 240 g/mol. The Balaban J connectivity index is 2.80. The minimum atomic E-state index is -0.878. The van der Waals surface area contributed by atoms with Crippen molar-refractivity contribution >= 4 is 23.4 Å². The molecule has 6 heteroatoms. The lowest BCUT2D eigenvalue weighted by atomic mass is 10.3. The molecule has 0 aromatic carbocycles. The van der Waals surface area contributed by atoms with E-state index in [4.69, 9.17) is 22.0 Å². The van der Waals surface area contributed by atoms with E-state index in [1.54, 1.807) is 11.9 Å². The number of aliphatic carboxylic acids is 1. The molecule has 5 nitrogen and oxygen atoms in total. The van der Waals surface area contributed by atoms with Crippen LogP contribution in [0.15, 0.2) is 12.3 Å². The van der Waals surface area contributed by atoms with E-state index in [0.29, 0.717) is 22.9 Å². The van der Waals surface area contributed by atoms with Crippen molar-refractivity contribution in [2.45, 2.75) is 6.42 Å². The number of carbonyl (C=O) groups is 1. The molecule has 0 atom stereocenters. The number of nitriles is 1. The summed E-state index contributed by atoms with van der Waals surface area (Å²) in [5.74, 6) is -0.404. The lowest BCUT2D eigenvalue weighted by molar-refractivity contribution is -0.136. The molecule has 16 heavy (non-hydrogen) atoms. The van der Waals surface area contributed by atoms with Gasteiger partial charge in [0.25, 0.3) is 0 Å². The van der Waals surface area contributed by atoms with Crippen molar-refractivity contribution < 1.29 is 9.90 Å². The summed E-state index contributed by atoms with van der Waals surface area (Å²) in [7, 11) is 1.70. The maximum Gasteiger partial charge on any atom is 0.305 e. The fourth-order valence-electron chi connectivity index (χ4n) is 1.14. The van der Waals surface area contributed by atoms with Gasteiger partial charge in [0.1, 0.15) is 11.9 Å². The molecule has 0 spiro atoms. The van der Waals surface area contributed by atoms with Crippen molar-refractivity contribution in [3.63, 3.8) is 0 Å². The molecular formula is C10H10ClN3O2. The fourth-order valence-corrected chi connectivity index (χ4v) is 1.45. The molecule has 0 amide bonds. The lowest BCUT2D eigenvalue weighted by Crippen LogP contribution is -2.22. The summed E-state index contributed by atoms with van der Waals surface area (Å²) >= 11 is 5.92. The van der Waals surface area contributed by atoms with Crippen molar-refractivity contribution in [3.05, 3.63) is 22.8 Å². The first-order valence-electron chi connectivity index (χ1n) is 4.53. The van der Waals surface area contributed by atoms with Crippen LogP contribution in [0.2, 0.25) is 5.02 Å². The molecule has 0 saturated carbocycles. The van der Waals surface area contributed by atoms with Crippen LogP contribution in [-0.4, -0.2) is 29.7 Å². The summed E-state index contributed by atoms with van der Waals surface area (Å²) in [6.45, 7) is 0.313. The van der Waals surface area contributed by atoms with Gasteiger partial charge in [0.2, 0.25) is 0 Å². The molecule has 0 unspecified atom stereocenters. The topological polar surface area (TPSA) is 77.2 Å². The zero-order valence-electron chi connectivity index (χ0n) is 8.64. The van der Waals surface area contributed by atoms with Gasteiger partial charge in [-0.05, 0) is 6.07 Å². The summed E-state index contributed by atoms with van der Waals surface area (Å²) in [6, 6.07) is 3.43. The Kier molecular flexibility index (Phi) is 4.09. The molecular weight excluding hydrogens is 230 g/mol. The summed E-state index contributed by atoms with van der Waals surface area (Å²) in [5, 5.41) is 17.5. The maximum atomic E-state index is 10.4. The molecule has 0 bridgehead atoms. The quantitative estimate of drug-likeness (QED) is 0.862. The number of hydrogen-bond acceptors (Lipinski definition) is 4. The number of rotatable bonds is 4. The minimum absolute atomic E-state index is 0.00844. The van der Waals surface area contributed by atoms with Gasteiger partial charge in [-0.2, -0.15) is 5.26 Å². The number of aromatic nitrogens is 1. The average Bonchev–Trinajstić information content (AvgIpc) is 2.25. The zero-order chi connectivity index (χ0) is 12.1. The van der Waals surface area contributed by atoms with Gasteiger partial charge in [-0.3, -0.25) is 4.79 Å². The van der Waals surface area contributed by atoms with E-state index in [1.807, 2.05) is 6.07 Å². The monoisotopic (exact) mass is 239 g/mol. The van der Waals surface area contributed by atoms with Crippen molar-refractivity contribution in [2.75, 3.05) is 18.5 Å². The van der Waals surface area contributed by atoms with Crippen LogP contribution in [0.5, 0.6) is 0 Å². The van der Waals surface area contributed by atoms with E-state index in [1.165, 1.54) is 12.3 Å².